The van der Waals surface area contributed by atoms with Gasteiger partial charge in [-0.3, -0.25) is 14.5 Å². The standard InChI is InChI=1S/C16H25ClN4O4S/c1-5-18-15(22)10-21(6-2)11-16(23)19-14-9-12(7-8-13(14)17)26(24,25)20(3)4/h7-9H,5-6,10-11H2,1-4H3,(H,18,22)(H,19,23). The van der Waals surface area contributed by atoms with Crippen molar-refractivity contribution >= 4 is 39.1 Å². The van der Waals surface area contributed by atoms with Gasteiger partial charge in [-0.15, -0.1) is 0 Å². The van der Waals surface area contributed by atoms with Crippen molar-refractivity contribution in [3.8, 4) is 0 Å². The Hall–Kier alpha value is -1.68. The van der Waals surface area contributed by atoms with Gasteiger partial charge < -0.3 is 10.6 Å². The Bertz CT molecular complexity index is 753. The van der Waals surface area contributed by atoms with Crippen LogP contribution in [0.3, 0.4) is 0 Å². The van der Waals surface area contributed by atoms with Crippen molar-refractivity contribution in [1.29, 1.82) is 0 Å². The van der Waals surface area contributed by atoms with Crippen LogP contribution in [0, 0.1) is 0 Å². The number of hydrogen-bond donors (Lipinski definition) is 2. The van der Waals surface area contributed by atoms with Crippen LogP contribution in [0.2, 0.25) is 5.02 Å². The molecule has 8 nitrogen and oxygen atoms in total. The Labute approximate surface area is 159 Å². The number of hydrogen-bond acceptors (Lipinski definition) is 5. The fourth-order valence-corrected chi connectivity index (χ4v) is 3.19. The van der Waals surface area contributed by atoms with Crippen LogP contribution < -0.4 is 10.6 Å². The van der Waals surface area contributed by atoms with Gasteiger partial charge >= 0.3 is 0 Å². The molecule has 0 atom stereocenters. The number of halogens is 1. The first-order valence-electron chi connectivity index (χ1n) is 8.12. The van der Waals surface area contributed by atoms with Crippen molar-refractivity contribution in [3.05, 3.63) is 23.2 Å². The second-order valence-corrected chi connectivity index (χ2v) is 8.29. The molecule has 2 N–H and O–H groups in total. The summed E-state index contributed by atoms with van der Waals surface area (Å²) in [6.07, 6.45) is 0. The van der Waals surface area contributed by atoms with E-state index >= 15 is 0 Å². The van der Waals surface area contributed by atoms with Gasteiger partial charge in [-0.1, -0.05) is 18.5 Å². The summed E-state index contributed by atoms with van der Waals surface area (Å²) in [7, 11) is -0.803. The Morgan fingerprint density at radius 3 is 2.27 bits per heavy atom. The molecule has 0 heterocycles. The van der Waals surface area contributed by atoms with E-state index in [1.807, 2.05) is 13.8 Å². The molecule has 1 rings (SSSR count). The normalized spacial score (nSPS) is 11.7. The number of rotatable bonds is 9. The number of carbonyl (C=O) groups is 2. The highest BCUT2D eigenvalue weighted by Crippen LogP contribution is 2.26. The third kappa shape index (κ3) is 6.24. The molecule has 0 bridgehead atoms. The summed E-state index contributed by atoms with van der Waals surface area (Å²) in [5, 5.41) is 5.50. The third-order valence-electron chi connectivity index (χ3n) is 3.55. The van der Waals surface area contributed by atoms with Crippen LogP contribution in [0.25, 0.3) is 0 Å². The van der Waals surface area contributed by atoms with Gasteiger partial charge in [0.05, 0.1) is 28.7 Å². The zero-order chi connectivity index (χ0) is 19.9. The predicted molar refractivity (Wildman–Crippen MR) is 102 cm³/mol. The molecule has 26 heavy (non-hydrogen) atoms. The lowest BCUT2D eigenvalue weighted by molar-refractivity contribution is -0.123. The summed E-state index contributed by atoms with van der Waals surface area (Å²) >= 11 is 6.07. The first-order chi connectivity index (χ1) is 12.1. The lowest BCUT2D eigenvalue weighted by Gasteiger charge is -2.19. The summed E-state index contributed by atoms with van der Waals surface area (Å²) in [6, 6.07) is 4.11. The molecule has 1 aromatic carbocycles. The molecule has 0 aliphatic heterocycles. The second kappa shape index (κ2) is 9.86. The number of carbonyl (C=O) groups excluding carboxylic acids is 2. The van der Waals surface area contributed by atoms with E-state index in [4.69, 9.17) is 11.6 Å². The lowest BCUT2D eigenvalue weighted by atomic mass is 10.3. The fourth-order valence-electron chi connectivity index (χ4n) is 2.10. The van der Waals surface area contributed by atoms with E-state index in [1.54, 1.807) is 4.90 Å². The number of nitrogens with one attached hydrogen (secondary N) is 2. The average Bonchev–Trinajstić information content (AvgIpc) is 2.56. The van der Waals surface area contributed by atoms with E-state index in [2.05, 4.69) is 10.6 Å². The van der Waals surface area contributed by atoms with Gasteiger partial charge in [0.2, 0.25) is 21.8 Å². The van der Waals surface area contributed by atoms with E-state index in [-0.39, 0.29) is 34.6 Å². The SMILES string of the molecule is CCNC(=O)CN(CC)CC(=O)Nc1cc(S(=O)(=O)N(C)C)ccc1Cl. The maximum Gasteiger partial charge on any atom is 0.242 e. The van der Waals surface area contributed by atoms with E-state index in [0.717, 1.165) is 4.31 Å². The van der Waals surface area contributed by atoms with E-state index in [1.165, 1.54) is 32.3 Å². The van der Waals surface area contributed by atoms with Crippen LogP contribution in [0.4, 0.5) is 5.69 Å². The number of amides is 2. The number of nitrogens with zero attached hydrogens (tertiary/aromatic N) is 2. The minimum atomic E-state index is -3.64. The molecule has 0 aromatic heterocycles. The molecule has 0 aliphatic carbocycles. The zero-order valence-electron chi connectivity index (χ0n) is 15.4. The van der Waals surface area contributed by atoms with E-state index in [0.29, 0.717) is 13.1 Å². The highest BCUT2D eigenvalue weighted by molar-refractivity contribution is 7.89. The smallest absolute Gasteiger partial charge is 0.242 e. The van der Waals surface area contributed by atoms with Crippen molar-refractivity contribution in [2.45, 2.75) is 18.7 Å². The van der Waals surface area contributed by atoms with Crippen LogP contribution >= 0.6 is 11.6 Å². The fraction of sp³-hybridized carbons (Fsp3) is 0.500. The van der Waals surface area contributed by atoms with Crippen molar-refractivity contribution < 1.29 is 18.0 Å². The molecule has 0 spiro atoms. The summed E-state index contributed by atoms with van der Waals surface area (Å²) in [5.74, 6) is -0.559. The van der Waals surface area contributed by atoms with Crippen LogP contribution in [-0.4, -0.2) is 69.7 Å². The Morgan fingerprint density at radius 1 is 1.12 bits per heavy atom. The van der Waals surface area contributed by atoms with Gasteiger partial charge in [0.1, 0.15) is 0 Å². The highest BCUT2D eigenvalue weighted by Gasteiger charge is 2.20. The molecular weight excluding hydrogens is 380 g/mol. The quantitative estimate of drug-likeness (QED) is 0.639. The lowest BCUT2D eigenvalue weighted by Crippen LogP contribution is -2.41. The molecule has 0 fully saturated rings. The topological polar surface area (TPSA) is 98.8 Å². The molecule has 0 unspecified atom stereocenters. The average molecular weight is 405 g/mol. The summed E-state index contributed by atoms with van der Waals surface area (Å²) in [4.78, 5) is 25.6. The number of likely N-dealkylation sites (N-methyl/N-ethyl adjacent to an activating group) is 2. The van der Waals surface area contributed by atoms with Gasteiger partial charge in [-0.25, -0.2) is 12.7 Å². The molecule has 0 aliphatic rings. The molecule has 0 radical (unpaired) electrons. The zero-order valence-corrected chi connectivity index (χ0v) is 16.9. The van der Waals surface area contributed by atoms with Crippen molar-refractivity contribution in [2.24, 2.45) is 0 Å². The number of sulfonamides is 1. The molecule has 10 heteroatoms. The van der Waals surface area contributed by atoms with Gasteiger partial charge in [0.15, 0.2) is 0 Å². The summed E-state index contributed by atoms with van der Waals surface area (Å²) in [5.41, 5.74) is 0.202. The summed E-state index contributed by atoms with van der Waals surface area (Å²) < 4.78 is 25.5. The maximum absolute atomic E-state index is 12.3. The van der Waals surface area contributed by atoms with Crippen LogP contribution in [-0.2, 0) is 19.6 Å². The molecular formula is C16H25ClN4O4S. The van der Waals surface area contributed by atoms with Gasteiger partial charge in [0, 0.05) is 20.6 Å². The minimum absolute atomic E-state index is 0.0192. The van der Waals surface area contributed by atoms with E-state index < -0.39 is 15.9 Å². The minimum Gasteiger partial charge on any atom is -0.355 e. The monoisotopic (exact) mass is 404 g/mol. The number of benzene rings is 1. The van der Waals surface area contributed by atoms with Crippen molar-refractivity contribution in [3.63, 3.8) is 0 Å². The molecule has 0 saturated heterocycles. The highest BCUT2D eigenvalue weighted by atomic mass is 35.5. The van der Waals surface area contributed by atoms with Gasteiger partial charge in [-0.05, 0) is 31.7 Å². The van der Waals surface area contributed by atoms with Crippen LogP contribution in [0.5, 0.6) is 0 Å². The molecule has 146 valence electrons. The maximum atomic E-state index is 12.3. The first-order valence-corrected chi connectivity index (χ1v) is 9.94. The second-order valence-electron chi connectivity index (χ2n) is 5.73. The van der Waals surface area contributed by atoms with Gasteiger partial charge in [-0.2, -0.15) is 0 Å². The predicted octanol–water partition coefficient (Wildman–Crippen LogP) is 0.987. The Balaban J connectivity index is 2.87. The van der Waals surface area contributed by atoms with Crippen LogP contribution in [0.1, 0.15) is 13.8 Å². The molecule has 1 aromatic rings. The number of anilines is 1. The Kier molecular flexibility index (Phi) is 8.48. The third-order valence-corrected chi connectivity index (χ3v) is 5.69. The largest absolute Gasteiger partial charge is 0.355 e. The van der Waals surface area contributed by atoms with Crippen molar-refractivity contribution in [1.82, 2.24) is 14.5 Å². The Morgan fingerprint density at radius 2 is 1.73 bits per heavy atom. The van der Waals surface area contributed by atoms with Crippen LogP contribution in [0.15, 0.2) is 23.1 Å². The van der Waals surface area contributed by atoms with Gasteiger partial charge in [0.25, 0.3) is 0 Å². The molecule has 0 saturated carbocycles. The first kappa shape index (κ1) is 22.4. The van der Waals surface area contributed by atoms with E-state index in [9.17, 15) is 18.0 Å². The van der Waals surface area contributed by atoms with Crippen molar-refractivity contribution in [2.75, 3.05) is 45.6 Å². The molecule has 2 amide bonds. The summed E-state index contributed by atoms with van der Waals surface area (Å²) in [6.45, 7) is 4.76.